The number of hydrogen-bond acceptors (Lipinski definition) is 3. The molecular formula is C36H25ClN3P. The molecule has 5 aromatic carbocycles. The summed E-state index contributed by atoms with van der Waals surface area (Å²) in [5, 5.41) is 14.5. The van der Waals surface area contributed by atoms with E-state index in [4.69, 9.17) is 21.3 Å². The molecule has 5 heteroatoms. The van der Waals surface area contributed by atoms with Gasteiger partial charge in [-0.05, 0) is 23.8 Å². The fraction of sp³-hybridized carbons (Fsp3) is 0. The third-order valence-electron chi connectivity index (χ3n) is 6.97. The Hall–Kier alpha value is -4.74. The second-order valence-corrected chi connectivity index (χ2v) is 12.9. The quantitative estimate of drug-likeness (QED) is 0.190. The van der Waals surface area contributed by atoms with Gasteiger partial charge in [-0.15, -0.1) is 0 Å². The summed E-state index contributed by atoms with van der Waals surface area (Å²) < 4.78 is 5.61. The Kier molecular flexibility index (Phi) is 7.61. The highest BCUT2D eigenvalue weighted by atomic mass is 35.5. The Balaban J connectivity index is 1.77. The van der Waals surface area contributed by atoms with Crippen LogP contribution in [0.2, 0.25) is 5.02 Å². The number of benzene rings is 5. The van der Waals surface area contributed by atoms with Crippen LogP contribution in [0.25, 0.3) is 22.4 Å². The van der Waals surface area contributed by atoms with E-state index in [2.05, 4.69) is 42.5 Å². The topological polar surface area (TPSA) is 49.0 Å². The molecule has 0 spiro atoms. The minimum Gasteiger partial charge on any atom is -0.233 e. The summed E-state index contributed by atoms with van der Waals surface area (Å²) in [7, 11) is -2.66. The van der Waals surface area contributed by atoms with Crippen LogP contribution in [-0.2, 0) is 0 Å². The molecule has 1 aromatic heterocycles. The molecule has 196 valence electrons. The SMILES string of the molecule is N#Cc1c(-c2ccc(Cl)cc2)cc(-c2ccccc2)nc1N=P(c1ccccc1)(c1ccccc1)c1ccccc1. The molecule has 3 nitrogen and oxygen atoms in total. The Morgan fingerprint density at radius 3 is 1.51 bits per heavy atom. The minimum absolute atomic E-state index is 0.420. The van der Waals surface area contributed by atoms with Crippen molar-refractivity contribution in [3.63, 3.8) is 0 Å². The second-order valence-electron chi connectivity index (χ2n) is 9.48. The van der Waals surface area contributed by atoms with Gasteiger partial charge in [0, 0.05) is 32.1 Å². The lowest BCUT2D eigenvalue weighted by Gasteiger charge is -2.27. The molecule has 0 atom stereocenters. The molecule has 0 bridgehead atoms. The number of aromatic nitrogens is 1. The third-order valence-corrected chi connectivity index (χ3v) is 10.8. The maximum absolute atomic E-state index is 10.6. The van der Waals surface area contributed by atoms with E-state index in [9.17, 15) is 5.26 Å². The molecule has 0 saturated carbocycles. The van der Waals surface area contributed by atoms with Gasteiger partial charge in [0.05, 0.1) is 12.7 Å². The molecule has 0 radical (unpaired) electrons. The van der Waals surface area contributed by atoms with E-state index >= 15 is 0 Å². The van der Waals surface area contributed by atoms with Crippen molar-refractivity contribution in [2.45, 2.75) is 0 Å². The number of halogens is 1. The molecule has 6 rings (SSSR count). The predicted octanol–water partition coefficient (Wildman–Crippen LogP) is 8.75. The molecule has 0 saturated heterocycles. The normalized spacial score (nSPS) is 11.0. The van der Waals surface area contributed by atoms with Crippen molar-refractivity contribution in [1.29, 1.82) is 5.26 Å². The Morgan fingerprint density at radius 1 is 0.585 bits per heavy atom. The largest absolute Gasteiger partial charge is 0.233 e. The average molecular weight is 566 g/mol. The van der Waals surface area contributed by atoms with Crippen LogP contribution in [0.3, 0.4) is 0 Å². The molecule has 41 heavy (non-hydrogen) atoms. The number of nitrogens with zero attached hydrogens (tertiary/aromatic N) is 3. The highest BCUT2D eigenvalue weighted by Gasteiger charge is 2.29. The van der Waals surface area contributed by atoms with Gasteiger partial charge in [-0.1, -0.05) is 145 Å². The summed E-state index contributed by atoms with van der Waals surface area (Å²) in [4.78, 5) is 5.09. The van der Waals surface area contributed by atoms with E-state index < -0.39 is 7.05 Å². The molecule has 0 aliphatic carbocycles. The molecule has 0 N–H and O–H groups in total. The van der Waals surface area contributed by atoms with Crippen molar-refractivity contribution < 1.29 is 0 Å². The van der Waals surface area contributed by atoms with Gasteiger partial charge in [0.2, 0.25) is 0 Å². The number of rotatable bonds is 6. The zero-order valence-electron chi connectivity index (χ0n) is 22.1. The lowest BCUT2D eigenvalue weighted by Crippen LogP contribution is -2.25. The van der Waals surface area contributed by atoms with Crippen LogP contribution in [0.5, 0.6) is 0 Å². The molecule has 0 amide bonds. The van der Waals surface area contributed by atoms with Crippen molar-refractivity contribution in [1.82, 2.24) is 4.98 Å². The Bertz CT molecular complexity index is 1780. The van der Waals surface area contributed by atoms with Crippen LogP contribution < -0.4 is 15.9 Å². The van der Waals surface area contributed by atoms with Crippen molar-refractivity contribution in [2.75, 3.05) is 0 Å². The first-order valence-electron chi connectivity index (χ1n) is 13.2. The van der Waals surface area contributed by atoms with Gasteiger partial charge >= 0.3 is 0 Å². The van der Waals surface area contributed by atoms with Gasteiger partial charge in [0.1, 0.15) is 11.6 Å². The van der Waals surface area contributed by atoms with E-state index in [1.54, 1.807) is 0 Å². The molecular weight excluding hydrogens is 541 g/mol. The fourth-order valence-corrected chi connectivity index (χ4v) is 8.63. The Morgan fingerprint density at radius 2 is 1.05 bits per heavy atom. The molecule has 6 aromatic rings. The van der Waals surface area contributed by atoms with E-state index in [1.165, 1.54) is 0 Å². The maximum Gasteiger partial charge on any atom is 0.170 e. The van der Waals surface area contributed by atoms with Crippen molar-refractivity contribution in [3.05, 3.63) is 162 Å². The summed E-state index contributed by atoms with van der Waals surface area (Å²) in [6.07, 6.45) is 0. The highest BCUT2D eigenvalue weighted by molar-refractivity contribution is 7.87. The predicted molar refractivity (Wildman–Crippen MR) is 172 cm³/mol. The van der Waals surface area contributed by atoms with Crippen LogP contribution in [-0.4, -0.2) is 4.98 Å². The van der Waals surface area contributed by atoms with Crippen LogP contribution in [0, 0.1) is 11.3 Å². The number of hydrogen-bond donors (Lipinski definition) is 0. The minimum atomic E-state index is -2.66. The van der Waals surface area contributed by atoms with E-state index in [0.29, 0.717) is 16.4 Å². The molecule has 0 unspecified atom stereocenters. The van der Waals surface area contributed by atoms with Gasteiger partial charge in [0.25, 0.3) is 0 Å². The lowest BCUT2D eigenvalue weighted by molar-refractivity contribution is 1.26. The van der Waals surface area contributed by atoms with Crippen LogP contribution >= 0.6 is 18.7 Å². The molecule has 0 aliphatic heterocycles. The average Bonchev–Trinajstić information content (AvgIpc) is 3.05. The van der Waals surface area contributed by atoms with Gasteiger partial charge < -0.3 is 0 Å². The summed E-state index contributed by atoms with van der Waals surface area (Å²) in [5.74, 6) is 0.420. The first-order chi connectivity index (χ1) is 20.2. The zero-order valence-corrected chi connectivity index (χ0v) is 23.8. The summed E-state index contributed by atoms with van der Waals surface area (Å²) in [6, 6.07) is 53.1. The first kappa shape index (κ1) is 26.5. The van der Waals surface area contributed by atoms with Crippen LogP contribution in [0.1, 0.15) is 5.56 Å². The highest BCUT2D eigenvalue weighted by Crippen LogP contribution is 2.50. The van der Waals surface area contributed by atoms with Gasteiger partial charge in [-0.25, -0.2) is 9.73 Å². The van der Waals surface area contributed by atoms with Crippen LogP contribution in [0.15, 0.2) is 156 Å². The summed E-state index contributed by atoms with van der Waals surface area (Å²) >= 11 is 6.23. The fourth-order valence-electron chi connectivity index (χ4n) is 5.02. The standard InChI is InChI=1S/C36H25ClN3P/c37-29-23-21-27(22-24-29)33-25-35(28-13-5-1-6-14-28)39-36(34(33)26-38)40-41(30-15-7-2-8-16-30,31-17-9-3-10-18-31)32-19-11-4-12-20-32/h1-25H. The molecule has 0 fully saturated rings. The van der Waals surface area contributed by atoms with E-state index in [0.717, 1.165) is 38.3 Å². The summed E-state index contributed by atoms with van der Waals surface area (Å²) in [6.45, 7) is 0. The van der Waals surface area contributed by atoms with E-state index in [1.807, 2.05) is 115 Å². The van der Waals surface area contributed by atoms with Crippen molar-refractivity contribution >= 4 is 40.4 Å². The number of pyridine rings is 1. The maximum atomic E-state index is 10.6. The van der Waals surface area contributed by atoms with Crippen molar-refractivity contribution in [2.24, 2.45) is 4.74 Å². The monoisotopic (exact) mass is 565 g/mol. The second kappa shape index (κ2) is 11.8. The molecule has 0 aliphatic rings. The first-order valence-corrected chi connectivity index (χ1v) is 15.4. The summed E-state index contributed by atoms with van der Waals surface area (Å²) in [5.41, 5.74) is 3.78. The van der Waals surface area contributed by atoms with Crippen LogP contribution in [0.4, 0.5) is 5.82 Å². The lowest BCUT2D eigenvalue weighted by atomic mass is 9.98. The Labute approximate surface area is 245 Å². The smallest absolute Gasteiger partial charge is 0.170 e. The number of nitriles is 1. The third kappa shape index (κ3) is 5.24. The van der Waals surface area contributed by atoms with Gasteiger partial charge in [-0.3, -0.25) is 0 Å². The van der Waals surface area contributed by atoms with E-state index in [-0.39, 0.29) is 0 Å². The van der Waals surface area contributed by atoms with Gasteiger partial charge in [0.15, 0.2) is 5.82 Å². The molecule has 1 heterocycles. The van der Waals surface area contributed by atoms with Gasteiger partial charge in [-0.2, -0.15) is 5.26 Å². The van der Waals surface area contributed by atoms with Crippen molar-refractivity contribution in [3.8, 4) is 28.5 Å². The zero-order chi connectivity index (χ0) is 28.1.